The Morgan fingerprint density at radius 2 is 2.05 bits per heavy atom. The number of H-pyrrole nitrogens is 1. The average molecular weight is 370 g/mol. The third-order valence-corrected chi connectivity index (χ3v) is 4.70. The smallest absolute Gasteiger partial charge is 0.258 e. The molecule has 0 spiro atoms. The molecular formula is C15H14BrClN2O2. The number of aromatic nitrogens is 2. The number of aromatic amines is 1. The van der Waals surface area contributed by atoms with Crippen LogP contribution in [0.2, 0.25) is 5.02 Å². The molecule has 0 aliphatic heterocycles. The van der Waals surface area contributed by atoms with Crippen molar-refractivity contribution >= 4 is 27.5 Å². The maximum absolute atomic E-state index is 12.3. The van der Waals surface area contributed by atoms with E-state index < -0.39 is 0 Å². The molecule has 1 heterocycles. The quantitative estimate of drug-likeness (QED) is 0.833. The van der Waals surface area contributed by atoms with Crippen molar-refractivity contribution in [1.82, 2.24) is 9.97 Å². The van der Waals surface area contributed by atoms with E-state index in [4.69, 9.17) is 11.6 Å². The van der Waals surface area contributed by atoms with Gasteiger partial charge in [0.15, 0.2) is 0 Å². The highest BCUT2D eigenvalue weighted by Crippen LogP contribution is 2.36. The predicted molar refractivity (Wildman–Crippen MR) is 85.9 cm³/mol. The molecule has 1 aliphatic carbocycles. The van der Waals surface area contributed by atoms with Gasteiger partial charge in [-0.2, -0.15) is 4.98 Å². The van der Waals surface area contributed by atoms with Crippen LogP contribution < -0.4 is 5.56 Å². The summed E-state index contributed by atoms with van der Waals surface area (Å²) in [6, 6.07) is 5.27. The van der Waals surface area contributed by atoms with E-state index in [2.05, 4.69) is 25.9 Å². The zero-order valence-electron chi connectivity index (χ0n) is 11.2. The van der Waals surface area contributed by atoms with Gasteiger partial charge in [-0.05, 0) is 37.0 Å². The number of benzene rings is 1. The Bertz CT molecular complexity index is 739. The second kappa shape index (κ2) is 5.81. The third-order valence-electron chi connectivity index (χ3n) is 3.88. The monoisotopic (exact) mass is 368 g/mol. The number of aromatic hydroxyl groups is 1. The molecule has 0 radical (unpaired) electrons. The molecule has 110 valence electrons. The van der Waals surface area contributed by atoms with Gasteiger partial charge in [-0.3, -0.25) is 4.79 Å². The summed E-state index contributed by atoms with van der Waals surface area (Å²) >= 11 is 9.50. The first kappa shape index (κ1) is 14.6. The number of hydrogen-bond donors (Lipinski definition) is 2. The summed E-state index contributed by atoms with van der Waals surface area (Å²) in [6.07, 6.45) is 4.02. The minimum Gasteiger partial charge on any atom is -0.493 e. The number of rotatable bonds is 2. The van der Waals surface area contributed by atoms with Crippen LogP contribution in [0.25, 0.3) is 11.4 Å². The number of nitrogens with zero attached hydrogens (tertiary/aromatic N) is 1. The SMILES string of the molecule is O=c1[nH]c(-c2cc(Br)ccc2Cl)nc(O)c1C1CCCC1. The van der Waals surface area contributed by atoms with Gasteiger partial charge in [0.05, 0.1) is 10.6 Å². The van der Waals surface area contributed by atoms with Crippen molar-refractivity contribution in [2.75, 3.05) is 0 Å². The molecule has 21 heavy (non-hydrogen) atoms. The molecule has 0 saturated heterocycles. The summed E-state index contributed by atoms with van der Waals surface area (Å²) in [6.45, 7) is 0. The van der Waals surface area contributed by atoms with E-state index >= 15 is 0 Å². The van der Waals surface area contributed by atoms with Crippen molar-refractivity contribution in [3.63, 3.8) is 0 Å². The van der Waals surface area contributed by atoms with Crippen LogP contribution in [0, 0.1) is 0 Å². The van der Waals surface area contributed by atoms with Crippen LogP contribution >= 0.6 is 27.5 Å². The van der Waals surface area contributed by atoms with E-state index in [1.54, 1.807) is 18.2 Å². The van der Waals surface area contributed by atoms with Gasteiger partial charge in [-0.15, -0.1) is 0 Å². The van der Waals surface area contributed by atoms with Gasteiger partial charge in [0, 0.05) is 10.0 Å². The number of hydrogen-bond acceptors (Lipinski definition) is 3. The van der Waals surface area contributed by atoms with Crippen LogP contribution in [0.15, 0.2) is 27.5 Å². The summed E-state index contributed by atoms with van der Waals surface area (Å²) in [5.74, 6) is 0.204. The molecule has 0 atom stereocenters. The summed E-state index contributed by atoms with van der Waals surface area (Å²) in [7, 11) is 0. The largest absolute Gasteiger partial charge is 0.493 e. The molecule has 1 aromatic heterocycles. The van der Waals surface area contributed by atoms with E-state index in [0.29, 0.717) is 16.1 Å². The van der Waals surface area contributed by atoms with E-state index in [-0.39, 0.29) is 23.2 Å². The van der Waals surface area contributed by atoms with Gasteiger partial charge in [0.2, 0.25) is 5.88 Å². The highest BCUT2D eigenvalue weighted by molar-refractivity contribution is 9.10. The van der Waals surface area contributed by atoms with Crippen molar-refractivity contribution in [2.24, 2.45) is 0 Å². The van der Waals surface area contributed by atoms with Crippen molar-refractivity contribution in [2.45, 2.75) is 31.6 Å². The maximum Gasteiger partial charge on any atom is 0.258 e. The first-order valence-electron chi connectivity index (χ1n) is 6.85. The molecule has 2 N–H and O–H groups in total. The van der Waals surface area contributed by atoms with Crippen molar-refractivity contribution in [3.05, 3.63) is 43.6 Å². The van der Waals surface area contributed by atoms with Gasteiger partial charge < -0.3 is 10.1 Å². The van der Waals surface area contributed by atoms with E-state index in [1.165, 1.54) is 0 Å². The maximum atomic E-state index is 12.3. The first-order valence-corrected chi connectivity index (χ1v) is 8.02. The summed E-state index contributed by atoms with van der Waals surface area (Å²) in [5.41, 5.74) is 0.708. The molecule has 1 fully saturated rings. The lowest BCUT2D eigenvalue weighted by Gasteiger charge is -2.11. The summed E-state index contributed by atoms with van der Waals surface area (Å²) in [4.78, 5) is 19.2. The molecule has 0 amide bonds. The second-order valence-corrected chi connectivity index (χ2v) is 6.58. The molecule has 4 nitrogen and oxygen atoms in total. The predicted octanol–water partition coefficient (Wildman–Crippen LogP) is 4.22. The Hall–Kier alpha value is -1.33. The number of halogens is 2. The molecule has 1 saturated carbocycles. The molecule has 1 aliphatic rings. The van der Waals surface area contributed by atoms with Gasteiger partial charge in [-0.1, -0.05) is 40.4 Å². The first-order chi connectivity index (χ1) is 10.1. The fourth-order valence-electron chi connectivity index (χ4n) is 2.86. The molecular weight excluding hydrogens is 356 g/mol. The minimum absolute atomic E-state index is 0.105. The number of nitrogens with one attached hydrogen (secondary N) is 1. The topological polar surface area (TPSA) is 66.0 Å². The summed E-state index contributed by atoms with van der Waals surface area (Å²) in [5, 5.41) is 10.6. The Labute approximate surface area is 135 Å². The van der Waals surface area contributed by atoms with E-state index in [1.807, 2.05) is 0 Å². The van der Waals surface area contributed by atoms with Crippen LogP contribution in [0.1, 0.15) is 37.2 Å². The lowest BCUT2D eigenvalue weighted by atomic mass is 10.00. The zero-order chi connectivity index (χ0) is 15.0. The molecule has 1 aromatic carbocycles. The van der Waals surface area contributed by atoms with E-state index in [0.717, 1.165) is 30.2 Å². The van der Waals surface area contributed by atoms with Crippen molar-refractivity contribution in [3.8, 4) is 17.3 Å². The second-order valence-electron chi connectivity index (χ2n) is 5.26. The lowest BCUT2D eigenvalue weighted by molar-refractivity contribution is 0.436. The molecule has 0 unspecified atom stereocenters. The standard InChI is InChI=1S/C15H14BrClN2O2/c16-9-5-6-11(17)10(7-9)13-18-14(20)12(15(21)19-13)8-3-1-2-4-8/h5-8H,1-4H2,(H2,18,19,20,21). The zero-order valence-corrected chi connectivity index (χ0v) is 13.5. The lowest BCUT2D eigenvalue weighted by Crippen LogP contribution is -2.17. The van der Waals surface area contributed by atoms with Gasteiger partial charge in [0.25, 0.3) is 5.56 Å². The van der Waals surface area contributed by atoms with Crippen molar-refractivity contribution in [1.29, 1.82) is 0 Å². The Kier molecular flexibility index (Phi) is 4.04. The third kappa shape index (κ3) is 2.85. The molecule has 6 heteroatoms. The fraction of sp³-hybridized carbons (Fsp3) is 0.333. The highest BCUT2D eigenvalue weighted by atomic mass is 79.9. The fourth-order valence-corrected chi connectivity index (χ4v) is 3.43. The van der Waals surface area contributed by atoms with E-state index in [9.17, 15) is 9.90 Å². The Morgan fingerprint density at radius 1 is 1.33 bits per heavy atom. The van der Waals surface area contributed by atoms with Crippen LogP contribution in [0.4, 0.5) is 0 Å². The van der Waals surface area contributed by atoms with Gasteiger partial charge in [0.1, 0.15) is 5.82 Å². The normalized spacial score (nSPS) is 15.5. The van der Waals surface area contributed by atoms with Crippen LogP contribution in [-0.4, -0.2) is 15.1 Å². The van der Waals surface area contributed by atoms with Gasteiger partial charge in [-0.25, -0.2) is 0 Å². The summed E-state index contributed by atoms with van der Waals surface area (Å²) < 4.78 is 0.823. The molecule has 2 aromatic rings. The Balaban J connectivity index is 2.10. The average Bonchev–Trinajstić information content (AvgIpc) is 2.94. The van der Waals surface area contributed by atoms with Gasteiger partial charge >= 0.3 is 0 Å². The van der Waals surface area contributed by atoms with Crippen molar-refractivity contribution < 1.29 is 5.11 Å². The minimum atomic E-state index is -0.277. The van der Waals surface area contributed by atoms with Crippen LogP contribution in [0.3, 0.4) is 0 Å². The van der Waals surface area contributed by atoms with Crippen LogP contribution in [-0.2, 0) is 0 Å². The molecule has 3 rings (SSSR count). The highest BCUT2D eigenvalue weighted by Gasteiger charge is 2.25. The molecule has 0 bridgehead atoms. The van der Waals surface area contributed by atoms with Crippen LogP contribution in [0.5, 0.6) is 5.88 Å². The Morgan fingerprint density at radius 3 is 2.71 bits per heavy atom.